The normalized spacial score (nSPS) is 10.3. The van der Waals surface area contributed by atoms with Crippen LogP contribution in [0.3, 0.4) is 0 Å². The van der Waals surface area contributed by atoms with Gasteiger partial charge in [-0.2, -0.15) is 0 Å². The minimum atomic E-state index is -0.179. The maximum atomic E-state index is 12.6. The van der Waals surface area contributed by atoms with Gasteiger partial charge in [0, 0.05) is 56.1 Å². The topological polar surface area (TPSA) is 75.2 Å². The number of aromatic nitrogens is 2. The minimum absolute atomic E-state index is 0.0715. The number of likely N-dealkylation sites (N-methyl/N-ethyl adjacent to an activating group) is 1. The summed E-state index contributed by atoms with van der Waals surface area (Å²) in [6.07, 6.45) is 7.63. The Hall–Kier alpha value is -3.54. The van der Waals surface area contributed by atoms with E-state index in [1.54, 1.807) is 61.0 Å². The number of hydrogen-bond acceptors (Lipinski definition) is 4. The van der Waals surface area contributed by atoms with E-state index in [-0.39, 0.29) is 11.8 Å². The molecule has 142 valence electrons. The first-order valence-corrected chi connectivity index (χ1v) is 9.05. The number of nitrogens with one attached hydrogen (secondary N) is 1. The van der Waals surface area contributed by atoms with Crippen molar-refractivity contribution >= 4 is 11.8 Å². The number of carbonyl (C=O) groups excluding carboxylic acids is 2. The van der Waals surface area contributed by atoms with Crippen molar-refractivity contribution in [2.75, 3.05) is 13.6 Å². The van der Waals surface area contributed by atoms with Crippen LogP contribution in [0.1, 0.15) is 31.8 Å². The Morgan fingerprint density at radius 2 is 1.36 bits per heavy atom. The van der Waals surface area contributed by atoms with Gasteiger partial charge in [-0.1, -0.05) is 0 Å². The molecule has 2 aromatic heterocycles. The highest BCUT2D eigenvalue weighted by Gasteiger charge is 2.13. The summed E-state index contributed by atoms with van der Waals surface area (Å²) in [4.78, 5) is 34.5. The van der Waals surface area contributed by atoms with Crippen LogP contribution in [0.25, 0.3) is 0 Å². The Morgan fingerprint density at radius 1 is 0.821 bits per heavy atom. The molecule has 0 aliphatic rings. The van der Waals surface area contributed by atoms with Crippen molar-refractivity contribution in [3.63, 3.8) is 0 Å². The molecule has 0 unspecified atom stereocenters. The zero-order valence-electron chi connectivity index (χ0n) is 15.7. The molecule has 6 heteroatoms. The fourth-order valence-corrected chi connectivity index (χ4v) is 2.72. The van der Waals surface area contributed by atoms with E-state index >= 15 is 0 Å². The van der Waals surface area contributed by atoms with Gasteiger partial charge >= 0.3 is 0 Å². The van der Waals surface area contributed by atoms with E-state index in [2.05, 4.69) is 15.3 Å². The summed E-state index contributed by atoms with van der Waals surface area (Å²) in [5.74, 6) is -0.250. The van der Waals surface area contributed by atoms with E-state index in [4.69, 9.17) is 0 Å². The Bertz CT molecular complexity index is 912. The van der Waals surface area contributed by atoms with Gasteiger partial charge in [0.15, 0.2) is 0 Å². The molecule has 3 aromatic rings. The monoisotopic (exact) mass is 374 g/mol. The van der Waals surface area contributed by atoms with E-state index in [9.17, 15) is 9.59 Å². The molecule has 0 bridgehead atoms. The Kier molecular flexibility index (Phi) is 6.46. The second-order valence-corrected chi connectivity index (χ2v) is 6.45. The van der Waals surface area contributed by atoms with Crippen LogP contribution in [0.15, 0.2) is 73.3 Å². The van der Waals surface area contributed by atoms with Crippen molar-refractivity contribution in [3.05, 3.63) is 95.6 Å². The molecule has 0 saturated carbocycles. The maximum Gasteiger partial charge on any atom is 0.253 e. The SMILES string of the molecule is CN(CCc1ccncc1)C(=O)c1ccc(C(=O)NCc2ccncc2)cc1. The van der Waals surface area contributed by atoms with Crippen LogP contribution in [0.4, 0.5) is 0 Å². The Balaban J connectivity index is 1.53. The van der Waals surface area contributed by atoms with Crippen molar-refractivity contribution in [1.29, 1.82) is 0 Å². The third kappa shape index (κ3) is 5.23. The summed E-state index contributed by atoms with van der Waals surface area (Å²) in [5, 5.41) is 2.86. The largest absolute Gasteiger partial charge is 0.348 e. The highest BCUT2D eigenvalue weighted by Crippen LogP contribution is 2.09. The Morgan fingerprint density at radius 3 is 1.96 bits per heavy atom. The van der Waals surface area contributed by atoms with Gasteiger partial charge < -0.3 is 10.2 Å². The quantitative estimate of drug-likeness (QED) is 0.690. The Labute approximate surface area is 164 Å². The molecule has 0 aliphatic carbocycles. The molecule has 1 aromatic carbocycles. The first-order chi connectivity index (χ1) is 13.6. The average Bonchev–Trinajstić information content (AvgIpc) is 2.77. The predicted octanol–water partition coefficient (Wildman–Crippen LogP) is 2.72. The molecule has 0 spiro atoms. The molecule has 2 amide bonds. The van der Waals surface area contributed by atoms with Gasteiger partial charge in [-0.15, -0.1) is 0 Å². The molecule has 2 heterocycles. The van der Waals surface area contributed by atoms with E-state index in [1.807, 2.05) is 24.3 Å². The van der Waals surface area contributed by atoms with E-state index in [0.717, 1.165) is 17.5 Å². The van der Waals surface area contributed by atoms with Crippen molar-refractivity contribution < 1.29 is 9.59 Å². The lowest BCUT2D eigenvalue weighted by atomic mass is 10.1. The second kappa shape index (κ2) is 9.41. The van der Waals surface area contributed by atoms with Gasteiger partial charge in [0.25, 0.3) is 11.8 Å². The first kappa shape index (κ1) is 19.2. The lowest BCUT2D eigenvalue weighted by Gasteiger charge is -2.17. The molecule has 0 atom stereocenters. The predicted molar refractivity (Wildman–Crippen MR) is 107 cm³/mol. The summed E-state index contributed by atoms with van der Waals surface area (Å²) in [6.45, 7) is 1.04. The highest BCUT2D eigenvalue weighted by molar-refractivity contribution is 5.97. The van der Waals surface area contributed by atoms with Gasteiger partial charge in [0.2, 0.25) is 0 Å². The van der Waals surface area contributed by atoms with E-state index in [1.165, 1.54) is 0 Å². The summed E-state index contributed by atoms with van der Waals surface area (Å²) in [6, 6.07) is 14.3. The molecule has 0 saturated heterocycles. The van der Waals surface area contributed by atoms with Crippen molar-refractivity contribution in [2.45, 2.75) is 13.0 Å². The fourth-order valence-electron chi connectivity index (χ4n) is 2.72. The molecule has 3 rings (SSSR count). The van der Waals surface area contributed by atoms with Gasteiger partial charge in [0.1, 0.15) is 0 Å². The van der Waals surface area contributed by atoms with Crippen LogP contribution in [0.5, 0.6) is 0 Å². The maximum absolute atomic E-state index is 12.6. The fraction of sp³-hybridized carbons (Fsp3) is 0.182. The molecule has 0 radical (unpaired) electrons. The van der Waals surface area contributed by atoms with Gasteiger partial charge in [-0.25, -0.2) is 0 Å². The molecule has 0 aliphatic heterocycles. The lowest BCUT2D eigenvalue weighted by molar-refractivity contribution is 0.0795. The van der Waals surface area contributed by atoms with Crippen LogP contribution in [0.2, 0.25) is 0 Å². The number of carbonyl (C=O) groups is 2. The van der Waals surface area contributed by atoms with Gasteiger partial charge in [-0.05, 0) is 66.1 Å². The van der Waals surface area contributed by atoms with Crippen LogP contribution < -0.4 is 5.32 Å². The summed E-state index contributed by atoms with van der Waals surface area (Å²) in [7, 11) is 1.78. The van der Waals surface area contributed by atoms with Crippen LogP contribution in [0, 0.1) is 0 Å². The van der Waals surface area contributed by atoms with Crippen LogP contribution in [-0.2, 0) is 13.0 Å². The number of pyridine rings is 2. The number of rotatable bonds is 7. The smallest absolute Gasteiger partial charge is 0.253 e. The van der Waals surface area contributed by atoms with E-state index in [0.29, 0.717) is 24.2 Å². The highest BCUT2D eigenvalue weighted by atomic mass is 16.2. The summed E-state index contributed by atoms with van der Waals surface area (Å²) < 4.78 is 0. The molecule has 28 heavy (non-hydrogen) atoms. The summed E-state index contributed by atoms with van der Waals surface area (Å²) in [5.41, 5.74) is 3.19. The second-order valence-electron chi connectivity index (χ2n) is 6.45. The lowest BCUT2D eigenvalue weighted by Crippen LogP contribution is -2.29. The third-order valence-electron chi connectivity index (χ3n) is 4.43. The third-order valence-corrected chi connectivity index (χ3v) is 4.43. The van der Waals surface area contributed by atoms with Crippen molar-refractivity contribution in [3.8, 4) is 0 Å². The molecular weight excluding hydrogens is 352 g/mol. The van der Waals surface area contributed by atoms with Crippen LogP contribution >= 0.6 is 0 Å². The molecule has 6 nitrogen and oxygen atoms in total. The van der Waals surface area contributed by atoms with Gasteiger partial charge in [-0.3, -0.25) is 19.6 Å². The zero-order chi connectivity index (χ0) is 19.8. The first-order valence-electron chi connectivity index (χ1n) is 9.05. The van der Waals surface area contributed by atoms with Crippen molar-refractivity contribution in [2.24, 2.45) is 0 Å². The number of nitrogens with zero attached hydrogens (tertiary/aromatic N) is 3. The van der Waals surface area contributed by atoms with Crippen LogP contribution in [-0.4, -0.2) is 40.3 Å². The molecule has 0 fully saturated rings. The standard InChI is InChI=1S/C22H22N4O2/c1-26(15-10-17-6-11-23-12-7-17)22(28)20-4-2-19(3-5-20)21(27)25-16-18-8-13-24-14-9-18/h2-9,11-14H,10,15-16H2,1H3,(H,25,27). The minimum Gasteiger partial charge on any atom is -0.348 e. The molecule has 1 N–H and O–H groups in total. The average molecular weight is 374 g/mol. The number of benzene rings is 1. The summed E-state index contributed by atoms with van der Waals surface area (Å²) >= 11 is 0. The van der Waals surface area contributed by atoms with Crippen molar-refractivity contribution in [1.82, 2.24) is 20.2 Å². The molecular formula is C22H22N4O2. The van der Waals surface area contributed by atoms with Gasteiger partial charge in [0.05, 0.1) is 0 Å². The number of amides is 2. The van der Waals surface area contributed by atoms with E-state index < -0.39 is 0 Å². The number of hydrogen-bond donors (Lipinski definition) is 1. The zero-order valence-corrected chi connectivity index (χ0v) is 15.7.